The second-order valence-electron chi connectivity index (χ2n) is 5.73. The van der Waals surface area contributed by atoms with E-state index < -0.39 is 17.4 Å². The molecule has 0 amide bonds. The summed E-state index contributed by atoms with van der Waals surface area (Å²) in [6, 6.07) is 8.54. The standard InChI is InChI=1S/C18H14F3NO2S/c1-10-7-11(2)15-14(8-10)16(23)24-17(22-15)25-9-12-3-5-13(6-4-12)18(19,20)21/h3-8H,9H2,1-2H3. The fourth-order valence-electron chi connectivity index (χ4n) is 2.51. The van der Waals surface area contributed by atoms with Gasteiger partial charge in [0.25, 0.3) is 5.22 Å². The molecule has 0 radical (unpaired) electrons. The Morgan fingerprint density at radius 3 is 2.44 bits per heavy atom. The van der Waals surface area contributed by atoms with Crippen LogP contribution in [0.2, 0.25) is 0 Å². The van der Waals surface area contributed by atoms with Crippen LogP contribution in [0.4, 0.5) is 13.2 Å². The van der Waals surface area contributed by atoms with Gasteiger partial charge in [-0.2, -0.15) is 13.2 Å². The first kappa shape index (κ1) is 17.5. The number of fused-ring (bicyclic) bond motifs is 1. The van der Waals surface area contributed by atoms with Gasteiger partial charge in [0.05, 0.1) is 16.5 Å². The summed E-state index contributed by atoms with van der Waals surface area (Å²) in [5, 5.41) is 0.626. The topological polar surface area (TPSA) is 43.1 Å². The minimum atomic E-state index is -4.35. The molecule has 0 saturated carbocycles. The molecule has 0 fully saturated rings. The number of hydrogen-bond donors (Lipinski definition) is 0. The predicted molar refractivity (Wildman–Crippen MR) is 90.8 cm³/mol. The van der Waals surface area contributed by atoms with Crippen molar-refractivity contribution in [1.29, 1.82) is 0 Å². The molecule has 130 valence electrons. The van der Waals surface area contributed by atoms with Crippen molar-refractivity contribution in [1.82, 2.24) is 4.98 Å². The van der Waals surface area contributed by atoms with Crippen molar-refractivity contribution in [2.75, 3.05) is 0 Å². The van der Waals surface area contributed by atoms with Gasteiger partial charge < -0.3 is 4.42 Å². The summed E-state index contributed by atoms with van der Waals surface area (Å²) >= 11 is 1.17. The molecule has 7 heteroatoms. The Morgan fingerprint density at radius 2 is 1.80 bits per heavy atom. The van der Waals surface area contributed by atoms with E-state index in [9.17, 15) is 18.0 Å². The number of halogens is 3. The summed E-state index contributed by atoms with van der Waals surface area (Å²) in [7, 11) is 0. The van der Waals surface area contributed by atoms with Crippen LogP contribution in [0.3, 0.4) is 0 Å². The summed E-state index contributed by atoms with van der Waals surface area (Å²) in [4.78, 5) is 16.5. The molecule has 2 aromatic carbocycles. The third-order valence-electron chi connectivity index (χ3n) is 3.69. The molecule has 0 saturated heterocycles. The van der Waals surface area contributed by atoms with E-state index in [4.69, 9.17) is 4.42 Å². The molecule has 0 aliphatic rings. The SMILES string of the molecule is Cc1cc(C)c2nc(SCc3ccc(C(F)(F)F)cc3)oc(=O)c2c1. The summed E-state index contributed by atoms with van der Waals surface area (Å²) in [5.41, 5.74) is 1.93. The van der Waals surface area contributed by atoms with Crippen LogP contribution in [0, 0.1) is 13.8 Å². The summed E-state index contributed by atoms with van der Waals surface area (Å²) < 4.78 is 42.9. The molecule has 0 aliphatic carbocycles. The monoisotopic (exact) mass is 365 g/mol. The number of nitrogens with zero attached hydrogens (tertiary/aromatic N) is 1. The maximum Gasteiger partial charge on any atom is 0.416 e. The van der Waals surface area contributed by atoms with Gasteiger partial charge in [-0.25, -0.2) is 9.78 Å². The van der Waals surface area contributed by atoms with E-state index in [1.807, 2.05) is 19.9 Å². The highest BCUT2D eigenvalue weighted by atomic mass is 32.2. The van der Waals surface area contributed by atoms with Gasteiger partial charge in [-0.15, -0.1) is 0 Å². The molecular formula is C18H14F3NO2S. The lowest BCUT2D eigenvalue weighted by molar-refractivity contribution is -0.137. The van der Waals surface area contributed by atoms with Gasteiger partial charge in [0.2, 0.25) is 0 Å². The van der Waals surface area contributed by atoms with Crippen LogP contribution in [0.1, 0.15) is 22.3 Å². The van der Waals surface area contributed by atoms with Crippen molar-refractivity contribution in [3.8, 4) is 0 Å². The average Bonchev–Trinajstić information content (AvgIpc) is 2.53. The number of hydrogen-bond acceptors (Lipinski definition) is 4. The van der Waals surface area contributed by atoms with Gasteiger partial charge >= 0.3 is 11.8 Å². The number of aryl methyl sites for hydroxylation is 2. The molecule has 1 aromatic heterocycles. The maximum atomic E-state index is 12.6. The second kappa shape index (κ2) is 6.55. The molecule has 0 spiro atoms. The number of rotatable bonds is 3. The quantitative estimate of drug-likeness (QED) is 0.605. The first-order chi connectivity index (χ1) is 11.7. The van der Waals surface area contributed by atoms with Crippen LogP contribution >= 0.6 is 11.8 Å². The molecule has 0 N–H and O–H groups in total. The first-order valence-corrected chi connectivity index (χ1v) is 8.43. The summed E-state index contributed by atoms with van der Waals surface area (Å²) in [5.74, 6) is 0.352. The Bertz CT molecular complexity index is 979. The zero-order valence-corrected chi connectivity index (χ0v) is 14.3. The first-order valence-electron chi connectivity index (χ1n) is 7.45. The van der Waals surface area contributed by atoms with Gasteiger partial charge in [0, 0.05) is 5.75 Å². The van der Waals surface area contributed by atoms with Gasteiger partial charge in [-0.1, -0.05) is 30.0 Å². The summed E-state index contributed by atoms with van der Waals surface area (Å²) in [6.45, 7) is 3.76. The van der Waals surface area contributed by atoms with E-state index in [0.717, 1.165) is 23.3 Å². The molecular weight excluding hydrogens is 351 g/mol. The van der Waals surface area contributed by atoms with E-state index in [1.54, 1.807) is 6.07 Å². The minimum absolute atomic E-state index is 0.198. The highest BCUT2D eigenvalue weighted by Gasteiger charge is 2.29. The second-order valence-corrected chi connectivity index (χ2v) is 6.66. The van der Waals surface area contributed by atoms with Crippen LogP contribution in [0.5, 0.6) is 0 Å². The molecule has 3 nitrogen and oxygen atoms in total. The van der Waals surface area contributed by atoms with Crippen LogP contribution in [-0.2, 0) is 11.9 Å². The van der Waals surface area contributed by atoms with Crippen LogP contribution in [0.15, 0.2) is 50.8 Å². The fraction of sp³-hybridized carbons (Fsp3) is 0.222. The Morgan fingerprint density at radius 1 is 1.12 bits per heavy atom. The number of benzene rings is 2. The van der Waals surface area contributed by atoms with Gasteiger partial charge in [0.1, 0.15) is 0 Å². The minimum Gasteiger partial charge on any atom is -0.397 e. The molecule has 0 atom stereocenters. The van der Waals surface area contributed by atoms with Crippen LogP contribution in [-0.4, -0.2) is 4.98 Å². The Kier molecular flexibility index (Phi) is 4.60. The van der Waals surface area contributed by atoms with Crippen molar-refractivity contribution in [2.45, 2.75) is 31.0 Å². The predicted octanol–water partition coefficient (Wildman–Crippen LogP) is 5.12. The van der Waals surface area contributed by atoms with Crippen molar-refractivity contribution < 1.29 is 17.6 Å². The Balaban J connectivity index is 1.83. The van der Waals surface area contributed by atoms with Gasteiger partial charge in [-0.3, -0.25) is 0 Å². The van der Waals surface area contributed by atoms with E-state index in [0.29, 0.717) is 22.2 Å². The molecule has 3 rings (SSSR count). The lowest BCUT2D eigenvalue weighted by Gasteiger charge is -2.07. The third kappa shape index (κ3) is 3.87. The van der Waals surface area contributed by atoms with E-state index in [2.05, 4.69) is 4.98 Å². The zero-order chi connectivity index (χ0) is 18.2. The van der Waals surface area contributed by atoms with Crippen molar-refractivity contribution in [2.24, 2.45) is 0 Å². The molecule has 25 heavy (non-hydrogen) atoms. The zero-order valence-electron chi connectivity index (χ0n) is 13.5. The van der Waals surface area contributed by atoms with Crippen molar-refractivity contribution >= 4 is 22.7 Å². The molecule has 0 unspecified atom stereocenters. The highest BCUT2D eigenvalue weighted by molar-refractivity contribution is 7.98. The Hall–Kier alpha value is -2.28. The number of thioether (sulfide) groups is 1. The molecule has 3 aromatic rings. The van der Waals surface area contributed by atoms with Crippen LogP contribution in [0.25, 0.3) is 10.9 Å². The van der Waals surface area contributed by atoms with E-state index >= 15 is 0 Å². The van der Waals surface area contributed by atoms with E-state index in [-0.39, 0.29) is 5.22 Å². The van der Waals surface area contributed by atoms with Crippen LogP contribution < -0.4 is 5.63 Å². The Labute approximate surface area is 145 Å². The van der Waals surface area contributed by atoms with Gasteiger partial charge in [0.15, 0.2) is 0 Å². The van der Waals surface area contributed by atoms with Crippen molar-refractivity contribution in [3.05, 3.63) is 69.1 Å². The summed E-state index contributed by atoms with van der Waals surface area (Å²) in [6.07, 6.45) is -4.35. The molecule has 0 bridgehead atoms. The van der Waals surface area contributed by atoms with E-state index in [1.165, 1.54) is 23.9 Å². The molecule has 1 heterocycles. The normalized spacial score (nSPS) is 11.9. The largest absolute Gasteiger partial charge is 0.416 e. The third-order valence-corrected chi connectivity index (χ3v) is 4.59. The van der Waals surface area contributed by atoms with Gasteiger partial charge in [-0.05, 0) is 48.7 Å². The number of aromatic nitrogens is 1. The maximum absolute atomic E-state index is 12.6. The number of alkyl halides is 3. The van der Waals surface area contributed by atoms with Crippen molar-refractivity contribution in [3.63, 3.8) is 0 Å². The molecule has 0 aliphatic heterocycles. The smallest absolute Gasteiger partial charge is 0.397 e. The highest BCUT2D eigenvalue weighted by Crippen LogP contribution is 2.30. The lowest BCUT2D eigenvalue weighted by atomic mass is 10.1. The average molecular weight is 365 g/mol. The fourth-order valence-corrected chi connectivity index (χ4v) is 3.28. The lowest BCUT2D eigenvalue weighted by Crippen LogP contribution is -2.05.